The molecule has 3 amide bonds. The van der Waals surface area contributed by atoms with E-state index < -0.39 is 5.54 Å². The summed E-state index contributed by atoms with van der Waals surface area (Å²) in [4.78, 5) is 42.4. The average Bonchev–Trinajstić information content (AvgIpc) is 3.00. The normalized spacial score (nSPS) is 25.9. The second kappa shape index (κ2) is 9.53. The molecule has 1 N–H and O–H groups in total. The molecule has 35 heavy (non-hydrogen) atoms. The highest BCUT2D eigenvalue weighted by Crippen LogP contribution is 2.40. The van der Waals surface area contributed by atoms with Gasteiger partial charge in [0, 0.05) is 30.5 Å². The molecule has 2 aromatic rings. The second-order valence-corrected chi connectivity index (χ2v) is 10.4. The van der Waals surface area contributed by atoms with Gasteiger partial charge in [0.15, 0.2) is 6.61 Å². The molecule has 2 saturated heterocycles. The number of benzene rings is 2. The molecular weight excluding hydrogens is 466 g/mol. The van der Waals surface area contributed by atoms with Crippen LogP contribution in [0, 0.1) is 0 Å². The first kappa shape index (κ1) is 23.7. The van der Waals surface area contributed by atoms with E-state index in [1.54, 1.807) is 23.1 Å². The first-order valence-electron chi connectivity index (χ1n) is 12.2. The van der Waals surface area contributed by atoms with Crippen LogP contribution in [-0.2, 0) is 20.8 Å². The summed E-state index contributed by atoms with van der Waals surface area (Å²) in [6.07, 6.45) is 3.63. The van der Waals surface area contributed by atoms with Crippen LogP contribution in [0.15, 0.2) is 48.5 Å². The zero-order chi connectivity index (χ0) is 24.6. The van der Waals surface area contributed by atoms with Crippen molar-refractivity contribution in [1.82, 2.24) is 10.2 Å². The lowest BCUT2D eigenvalue weighted by Crippen LogP contribution is -2.54. The van der Waals surface area contributed by atoms with Gasteiger partial charge in [-0.05, 0) is 56.4 Å². The molecule has 5 rings (SSSR count). The minimum atomic E-state index is -0.461. The van der Waals surface area contributed by atoms with Crippen LogP contribution < -0.4 is 15.0 Å². The topological polar surface area (TPSA) is 79.0 Å². The summed E-state index contributed by atoms with van der Waals surface area (Å²) in [5.74, 6) is 0.443. The van der Waals surface area contributed by atoms with Gasteiger partial charge in [-0.1, -0.05) is 41.9 Å². The van der Waals surface area contributed by atoms with Crippen LogP contribution in [0.2, 0.25) is 5.02 Å². The summed E-state index contributed by atoms with van der Waals surface area (Å²) in [6, 6.07) is 15.2. The SMILES string of the molecule is C[C@]12C[C@@H](Cc3ccccc3)N(C(=O)CCN3C(=O)COc4ccc(Cl)cc43)[C@H]1CCCC(=O)N2. The smallest absolute Gasteiger partial charge is 0.265 e. The molecule has 2 fully saturated rings. The van der Waals surface area contributed by atoms with E-state index in [0.29, 0.717) is 29.3 Å². The van der Waals surface area contributed by atoms with E-state index in [-0.39, 0.29) is 49.4 Å². The fraction of sp³-hybridized carbons (Fsp3) is 0.444. The first-order valence-corrected chi connectivity index (χ1v) is 12.6. The number of ether oxygens (including phenoxy) is 1. The Morgan fingerprint density at radius 1 is 1.20 bits per heavy atom. The molecule has 3 heterocycles. The number of rotatable bonds is 5. The van der Waals surface area contributed by atoms with Gasteiger partial charge in [-0.2, -0.15) is 0 Å². The Morgan fingerprint density at radius 2 is 2.00 bits per heavy atom. The molecule has 0 bridgehead atoms. The van der Waals surface area contributed by atoms with Gasteiger partial charge in [0.1, 0.15) is 5.75 Å². The number of hydrogen-bond donors (Lipinski definition) is 1. The number of carbonyl (C=O) groups is 3. The zero-order valence-electron chi connectivity index (χ0n) is 19.8. The van der Waals surface area contributed by atoms with Crippen molar-refractivity contribution < 1.29 is 19.1 Å². The van der Waals surface area contributed by atoms with Gasteiger partial charge in [-0.3, -0.25) is 14.4 Å². The number of nitrogens with one attached hydrogen (secondary N) is 1. The number of anilines is 1. The second-order valence-electron chi connectivity index (χ2n) is 9.92. The standard InChI is InChI=1S/C27H30ClN3O4/c1-27-16-20(14-18-6-3-2-4-7-18)31(23(27)8-5-9-24(32)29-27)25(33)12-13-30-21-15-19(28)10-11-22(21)35-17-26(30)34/h2-4,6-7,10-11,15,20,23H,5,8-9,12-14,16-17H2,1H3,(H,29,32)/t20-,23+,27+/m1/s1. The first-order chi connectivity index (χ1) is 16.8. The molecular formula is C27H30ClN3O4. The summed E-state index contributed by atoms with van der Waals surface area (Å²) >= 11 is 6.17. The molecule has 2 aromatic carbocycles. The average molecular weight is 496 g/mol. The van der Waals surface area contributed by atoms with E-state index in [0.717, 1.165) is 24.8 Å². The number of amides is 3. The van der Waals surface area contributed by atoms with Crippen LogP contribution in [0.3, 0.4) is 0 Å². The van der Waals surface area contributed by atoms with Crippen molar-refractivity contribution in [3.05, 3.63) is 59.1 Å². The Bertz CT molecular complexity index is 1140. The number of halogens is 1. The third kappa shape index (κ3) is 4.74. The molecule has 0 aliphatic carbocycles. The van der Waals surface area contributed by atoms with Crippen LogP contribution in [0.5, 0.6) is 5.75 Å². The van der Waals surface area contributed by atoms with Crippen molar-refractivity contribution in [2.24, 2.45) is 0 Å². The van der Waals surface area contributed by atoms with Crippen molar-refractivity contribution in [2.45, 2.75) is 63.1 Å². The van der Waals surface area contributed by atoms with E-state index in [1.807, 2.05) is 23.1 Å². The molecule has 0 radical (unpaired) electrons. The van der Waals surface area contributed by atoms with Gasteiger partial charge in [-0.25, -0.2) is 0 Å². The highest BCUT2D eigenvalue weighted by Gasteiger charge is 2.52. The summed E-state index contributed by atoms with van der Waals surface area (Å²) in [7, 11) is 0. The van der Waals surface area contributed by atoms with Gasteiger partial charge in [0.25, 0.3) is 5.91 Å². The molecule has 0 unspecified atom stereocenters. The summed E-state index contributed by atoms with van der Waals surface area (Å²) in [5, 5.41) is 3.73. The van der Waals surface area contributed by atoms with E-state index in [1.165, 1.54) is 0 Å². The van der Waals surface area contributed by atoms with E-state index >= 15 is 0 Å². The lowest BCUT2D eigenvalue weighted by atomic mass is 9.88. The molecule has 0 saturated carbocycles. The number of nitrogens with zero attached hydrogens (tertiary/aromatic N) is 2. The molecule has 3 aliphatic heterocycles. The number of fused-ring (bicyclic) bond motifs is 2. The summed E-state index contributed by atoms with van der Waals surface area (Å²) < 4.78 is 5.53. The van der Waals surface area contributed by atoms with Crippen LogP contribution in [0.1, 0.15) is 44.6 Å². The minimum Gasteiger partial charge on any atom is -0.482 e. The Morgan fingerprint density at radius 3 is 2.80 bits per heavy atom. The molecule has 0 spiro atoms. The number of carbonyl (C=O) groups excluding carboxylic acids is 3. The fourth-order valence-electron chi connectivity index (χ4n) is 5.91. The lowest BCUT2D eigenvalue weighted by molar-refractivity contribution is -0.135. The maximum Gasteiger partial charge on any atom is 0.265 e. The van der Waals surface area contributed by atoms with Crippen LogP contribution >= 0.6 is 11.6 Å². The zero-order valence-corrected chi connectivity index (χ0v) is 20.6. The molecule has 8 heteroatoms. The van der Waals surface area contributed by atoms with Crippen molar-refractivity contribution in [1.29, 1.82) is 0 Å². The van der Waals surface area contributed by atoms with Crippen LogP contribution in [-0.4, -0.2) is 53.4 Å². The maximum absolute atomic E-state index is 13.8. The Hall–Kier alpha value is -3.06. The summed E-state index contributed by atoms with van der Waals surface area (Å²) in [6.45, 7) is 2.25. The van der Waals surface area contributed by atoms with Crippen molar-refractivity contribution in [3.8, 4) is 5.75 Å². The lowest BCUT2D eigenvalue weighted by Gasteiger charge is -2.36. The van der Waals surface area contributed by atoms with E-state index in [2.05, 4.69) is 24.4 Å². The number of likely N-dealkylation sites (tertiary alicyclic amines) is 1. The Kier molecular flexibility index (Phi) is 6.45. The maximum atomic E-state index is 13.8. The monoisotopic (exact) mass is 495 g/mol. The predicted octanol–water partition coefficient (Wildman–Crippen LogP) is 3.73. The predicted molar refractivity (Wildman–Crippen MR) is 134 cm³/mol. The molecule has 3 aliphatic rings. The Labute approximate surface area is 210 Å². The quantitative estimate of drug-likeness (QED) is 0.685. The highest BCUT2D eigenvalue weighted by atomic mass is 35.5. The Balaban J connectivity index is 1.38. The third-order valence-corrected chi connectivity index (χ3v) is 7.68. The fourth-order valence-corrected chi connectivity index (χ4v) is 6.07. The van der Waals surface area contributed by atoms with Gasteiger partial charge in [0.05, 0.1) is 17.3 Å². The third-order valence-electron chi connectivity index (χ3n) is 7.45. The van der Waals surface area contributed by atoms with Crippen molar-refractivity contribution in [2.75, 3.05) is 18.1 Å². The molecule has 3 atom stereocenters. The number of hydrogen-bond acceptors (Lipinski definition) is 4. The largest absolute Gasteiger partial charge is 0.482 e. The van der Waals surface area contributed by atoms with E-state index in [9.17, 15) is 14.4 Å². The molecule has 184 valence electrons. The van der Waals surface area contributed by atoms with Crippen molar-refractivity contribution >= 4 is 35.0 Å². The van der Waals surface area contributed by atoms with Gasteiger partial charge >= 0.3 is 0 Å². The highest BCUT2D eigenvalue weighted by molar-refractivity contribution is 6.31. The van der Waals surface area contributed by atoms with Gasteiger partial charge in [0.2, 0.25) is 11.8 Å². The minimum absolute atomic E-state index is 0.00123. The van der Waals surface area contributed by atoms with E-state index in [4.69, 9.17) is 16.3 Å². The van der Waals surface area contributed by atoms with Gasteiger partial charge < -0.3 is 19.9 Å². The van der Waals surface area contributed by atoms with Gasteiger partial charge in [-0.15, -0.1) is 0 Å². The van der Waals surface area contributed by atoms with Crippen LogP contribution in [0.25, 0.3) is 0 Å². The molecule has 7 nitrogen and oxygen atoms in total. The summed E-state index contributed by atoms with van der Waals surface area (Å²) in [5.41, 5.74) is 1.29. The molecule has 0 aromatic heterocycles. The van der Waals surface area contributed by atoms with Crippen molar-refractivity contribution in [3.63, 3.8) is 0 Å². The van der Waals surface area contributed by atoms with Crippen LogP contribution in [0.4, 0.5) is 5.69 Å².